The second kappa shape index (κ2) is 16.1. The van der Waals surface area contributed by atoms with Crippen LogP contribution in [0.1, 0.15) is 0 Å². The van der Waals surface area contributed by atoms with Gasteiger partial charge in [0, 0.05) is 61.1 Å². The number of morpholine rings is 2. The molecule has 0 atom stereocenters. The van der Waals surface area contributed by atoms with E-state index >= 15 is 0 Å². The number of halogens is 3. The van der Waals surface area contributed by atoms with Gasteiger partial charge in [-0.15, -0.1) is 0 Å². The minimum absolute atomic E-state index is 0.366. The lowest BCUT2D eigenvalue weighted by atomic mass is 10.2. The Morgan fingerprint density at radius 3 is 1.49 bits per heavy atom. The van der Waals surface area contributed by atoms with Gasteiger partial charge in [-0.3, -0.25) is 0 Å². The first-order chi connectivity index (χ1) is 20.0. The van der Waals surface area contributed by atoms with E-state index in [0.29, 0.717) is 21.3 Å². The normalized spacial score (nSPS) is 14.7. The largest absolute Gasteiger partial charge is 0.399 e. The van der Waals surface area contributed by atoms with Crippen LogP contribution in [-0.4, -0.2) is 72.5 Å². The van der Waals surface area contributed by atoms with Gasteiger partial charge in [-0.25, -0.2) is 19.9 Å². The molecule has 2 aliphatic heterocycles. The number of hydrogen-bond acceptors (Lipinski definition) is 10. The zero-order chi connectivity index (χ0) is 28.9. The van der Waals surface area contributed by atoms with Crippen LogP contribution in [0.25, 0.3) is 0 Å². The van der Waals surface area contributed by atoms with Crippen LogP contribution in [0.2, 0.25) is 15.5 Å². The van der Waals surface area contributed by atoms with Crippen molar-refractivity contribution in [1.82, 2.24) is 19.9 Å². The van der Waals surface area contributed by atoms with Crippen molar-refractivity contribution in [2.75, 3.05) is 73.5 Å². The zero-order valence-electron chi connectivity index (χ0n) is 22.3. The maximum Gasteiger partial charge on any atom is 0.135 e. The summed E-state index contributed by atoms with van der Waals surface area (Å²) in [6, 6.07) is 19.4. The Hall–Kier alpha value is -3.41. The van der Waals surface area contributed by atoms with E-state index < -0.39 is 0 Å². The Morgan fingerprint density at radius 1 is 0.610 bits per heavy atom. The van der Waals surface area contributed by atoms with Crippen molar-refractivity contribution in [2.24, 2.45) is 0 Å². The molecule has 0 spiro atoms. The highest BCUT2D eigenvalue weighted by atomic mass is 35.5. The van der Waals surface area contributed by atoms with Crippen LogP contribution >= 0.6 is 34.8 Å². The third-order valence-corrected chi connectivity index (χ3v) is 6.64. The molecule has 3 N–H and O–H groups in total. The molecule has 216 valence electrons. The highest BCUT2D eigenvalue weighted by Gasteiger charge is 2.11. The molecule has 0 aliphatic carbocycles. The van der Waals surface area contributed by atoms with E-state index in [1.807, 2.05) is 24.3 Å². The summed E-state index contributed by atoms with van der Waals surface area (Å²) in [6.45, 7) is 7.06. The van der Waals surface area contributed by atoms with Crippen LogP contribution in [0.4, 0.5) is 28.6 Å². The van der Waals surface area contributed by atoms with E-state index in [0.717, 1.165) is 64.0 Å². The summed E-state index contributed by atoms with van der Waals surface area (Å²) in [5, 5.41) is 4.35. The van der Waals surface area contributed by atoms with Crippen molar-refractivity contribution in [3.05, 3.63) is 88.8 Å². The fourth-order valence-electron chi connectivity index (χ4n) is 3.95. The van der Waals surface area contributed by atoms with Crippen LogP contribution < -0.4 is 20.9 Å². The van der Waals surface area contributed by atoms with Crippen molar-refractivity contribution in [3.8, 4) is 0 Å². The molecule has 0 radical (unpaired) electrons. The van der Waals surface area contributed by atoms with Crippen LogP contribution in [0.3, 0.4) is 0 Å². The quantitative estimate of drug-likeness (QED) is 0.222. The Morgan fingerprint density at radius 2 is 1.05 bits per heavy atom. The molecular formula is C28H31Cl3N8O2. The predicted octanol–water partition coefficient (Wildman–Crippen LogP) is 5.60. The number of nitrogens with one attached hydrogen (secondary N) is 1. The van der Waals surface area contributed by atoms with Gasteiger partial charge in [0.05, 0.1) is 26.4 Å². The first-order valence-electron chi connectivity index (χ1n) is 12.9. The summed E-state index contributed by atoms with van der Waals surface area (Å²) in [5.74, 6) is 0.684. The first-order valence-corrected chi connectivity index (χ1v) is 14.1. The fourth-order valence-corrected chi connectivity index (χ4v) is 4.44. The van der Waals surface area contributed by atoms with Gasteiger partial charge in [-0.05, 0) is 48.5 Å². The summed E-state index contributed by atoms with van der Waals surface area (Å²) < 4.78 is 10.6. The topological polar surface area (TPSA) is 115 Å². The van der Waals surface area contributed by atoms with E-state index in [2.05, 4.69) is 59.3 Å². The highest BCUT2D eigenvalue weighted by molar-refractivity contribution is 6.33. The Bertz CT molecular complexity index is 1320. The van der Waals surface area contributed by atoms with Crippen LogP contribution in [-0.2, 0) is 9.47 Å². The highest BCUT2D eigenvalue weighted by Crippen LogP contribution is 2.22. The molecule has 10 nitrogen and oxygen atoms in total. The SMILES string of the molecule is Clc1cc(Cl)ncn1.Clc1cc(Nc2ccc(N3CCOCC3)cc2)ncn1.Nc1ccc(N2CCOCC2)cc1. The molecule has 41 heavy (non-hydrogen) atoms. The first kappa shape index (κ1) is 30.5. The maximum absolute atomic E-state index is 5.83. The van der Waals surface area contributed by atoms with Crippen molar-refractivity contribution in [1.29, 1.82) is 0 Å². The smallest absolute Gasteiger partial charge is 0.135 e. The number of aromatic nitrogens is 4. The lowest BCUT2D eigenvalue weighted by Crippen LogP contribution is -2.36. The van der Waals surface area contributed by atoms with Crippen LogP contribution in [0.5, 0.6) is 0 Å². The molecule has 0 bridgehead atoms. The molecule has 2 aromatic carbocycles. The number of rotatable bonds is 4. The second-order valence-corrected chi connectivity index (χ2v) is 10.0. The van der Waals surface area contributed by atoms with E-state index in [9.17, 15) is 0 Å². The van der Waals surface area contributed by atoms with Crippen molar-refractivity contribution in [3.63, 3.8) is 0 Å². The monoisotopic (exact) mass is 616 g/mol. The lowest BCUT2D eigenvalue weighted by Gasteiger charge is -2.28. The molecule has 0 saturated carbocycles. The van der Waals surface area contributed by atoms with E-state index in [1.54, 1.807) is 6.07 Å². The third-order valence-electron chi connectivity index (χ3n) is 6.02. The fraction of sp³-hybridized carbons (Fsp3) is 0.286. The summed E-state index contributed by atoms with van der Waals surface area (Å²) >= 11 is 16.6. The van der Waals surface area contributed by atoms with Crippen molar-refractivity contribution in [2.45, 2.75) is 0 Å². The Labute approximate surface area is 254 Å². The summed E-state index contributed by atoms with van der Waals surface area (Å²) in [7, 11) is 0. The third kappa shape index (κ3) is 10.5. The Balaban J connectivity index is 0.000000158. The lowest BCUT2D eigenvalue weighted by molar-refractivity contribution is 0.122. The number of nitrogens with two attached hydrogens (primary N) is 1. The van der Waals surface area contributed by atoms with Gasteiger partial charge in [-0.2, -0.15) is 0 Å². The summed E-state index contributed by atoms with van der Waals surface area (Å²) in [4.78, 5) is 19.8. The average molecular weight is 618 g/mol. The second-order valence-electron chi connectivity index (χ2n) is 8.85. The summed E-state index contributed by atoms with van der Waals surface area (Å²) in [5.41, 5.74) is 9.84. The summed E-state index contributed by atoms with van der Waals surface area (Å²) in [6.07, 6.45) is 2.75. The number of nitrogen functional groups attached to an aromatic ring is 1. The van der Waals surface area contributed by atoms with E-state index in [-0.39, 0.29) is 0 Å². The molecule has 0 amide bonds. The van der Waals surface area contributed by atoms with E-state index in [4.69, 9.17) is 50.0 Å². The van der Waals surface area contributed by atoms with Gasteiger partial charge >= 0.3 is 0 Å². The molecule has 6 rings (SSSR count). The molecule has 13 heteroatoms. The molecule has 2 saturated heterocycles. The van der Waals surface area contributed by atoms with Gasteiger partial charge in [0.25, 0.3) is 0 Å². The predicted molar refractivity (Wildman–Crippen MR) is 166 cm³/mol. The molecule has 4 heterocycles. The molecule has 4 aromatic rings. The Kier molecular flexibility index (Phi) is 12.0. The van der Waals surface area contributed by atoms with Crippen LogP contribution in [0.15, 0.2) is 73.3 Å². The van der Waals surface area contributed by atoms with Crippen molar-refractivity contribution >= 4 is 63.4 Å². The minimum atomic E-state index is 0.366. The number of ether oxygens (including phenoxy) is 2. The van der Waals surface area contributed by atoms with Crippen LogP contribution in [0, 0.1) is 0 Å². The molecule has 2 fully saturated rings. The molecular weight excluding hydrogens is 587 g/mol. The van der Waals surface area contributed by atoms with Crippen molar-refractivity contribution < 1.29 is 9.47 Å². The average Bonchev–Trinajstić information content (AvgIpc) is 2.99. The standard InChI is InChI=1S/C14H15ClN4O.C10H14N2O.C4H2Cl2N2/c15-13-9-14(17-10-16-13)18-11-1-3-12(4-2-11)19-5-7-20-8-6-19;11-9-1-3-10(4-2-9)12-5-7-13-8-6-12;5-3-1-4(6)8-2-7-3/h1-4,9-10H,5-8H2,(H,16,17,18);1-4H,5-8,11H2;1-2H. The minimum Gasteiger partial charge on any atom is -0.399 e. The maximum atomic E-state index is 5.83. The van der Waals surface area contributed by atoms with E-state index in [1.165, 1.54) is 30.1 Å². The molecule has 2 aliphatic rings. The number of nitrogens with zero attached hydrogens (tertiary/aromatic N) is 6. The molecule has 2 aromatic heterocycles. The number of benzene rings is 2. The van der Waals surface area contributed by atoms with Gasteiger partial charge < -0.3 is 30.3 Å². The van der Waals surface area contributed by atoms with Gasteiger partial charge in [0.2, 0.25) is 0 Å². The van der Waals surface area contributed by atoms with Gasteiger partial charge in [0.1, 0.15) is 33.9 Å². The zero-order valence-corrected chi connectivity index (χ0v) is 24.6. The van der Waals surface area contributed by atoms with Gasteiger partial charge in [-0.1, -0.05) is 34.8 Å². The number of hydrogen-bond donors (Lipinski definition) is 2. The van der Waals surface area contributed by atoms with Gasteiger partial charge in [0.15, 0.2) is 0 Å². The molecule has 0 unspecified atom stereocenters. The number of anilines is 5.